The summed E-state index contributed by atoms with van der Waals surface area (Å²) < 4.78 is 0. The van der Waals surface area contributed by atoms with Gasteiger partial charge in [0.25, 0.3) is 0 Å². The molecule has 1 aromatic carbocycles. The maximum atomic E-state index is 11.3. The van der Waals surface area contributed by atoms with Gasteiger partial charge in [-0.1, -0.05) is 32.0 Å². The molecular weight excluding hydrogens is 240 g/mol. The minimum absolute atomic E-state index is 0.382. The molecule has 0 saturated heterocycles. The van der Waals surface area contributed by atoms with Crippen LogP contribution in [0.4, 0.5) is 5.69 Å². The molecule has 104 valence electrons. The molecule has 1 aromatic rings. The van der Waals surface area contributed by atoms with Crippen molar-refractivity contribution in [3.8, 4) is 0 Å². The first kappa shape index (κ1) is 13.9. The van der Waals surface area contributed by atoms with Gasteiger partial charge in [0, 0.05) is 25.3 Å². The second-order valence-electron chi connectivity index (χ2n) is 4.92. The van der Waals surface area contributed by atoms with Crippen molar-refractivity contribution in [3.05, 3.63) is 29.8 Å². The number of likely N-dealkylation sites (N-methyl/N-ethyl adjacent to an activating group) is 1. The number of carbonyl (C=O) groups is 1. The molecule has 2 rings (SSSR count). The van der Waals surface area contributed by atoms with E-state index in [-0.39, 0.29) is 5.92 Å². The average molecular weight is 262 g/mol. The molecule has 0 radical (unpaired) electrons. The highest BCUT2D eigenvalue weighted by Crippen LogP contribution is 2.35. The molecule has 4 heteroatoms. The Kier molecular flexibility index (Phi) is 4.43. The average Bonchev–Trinajstić information content (AvgIpc) is 2.79. The van der Waals surface area contributed by atoms with Gasteiger partial charge in [-0.15, -0.1) is 0 Å². The summed E-state index contributed by atoms with van der Waals surface area (Å²) in [4.78, 5) is 15.9. The summed E-state index contributed by atoms with van der Waals surface area (Å²) in [6.07, 6.45) is 0. The summed E-state index contributed by atoms with van der Waals surface area (Å²) in [5, 5.41) is 9.31. The van der Waals surface area contributed by atoms with E-state index in [4.69, 9.17) is 0 Å². The number of benzene rings is 1. The van der Waals surface area contributed by atoms with Gasteiger partial charge in [0.15, 0.2) is 0 Å². The highest BCUT2D eigenvalue weighted by molar-refractivity contribution is 5.82. The molecule has 1 atom stereocenters. The first-order chi connectivity index (χ1) is 9.17. The van der Waals surface area contributed by atoms with Crippen molar-refractivity contribution < 1.29 is 9.90 Å². The number of hydrogen-bond acceptors (Lipinski definition) is 3. The fourth-order valence-electron chi connectivity index (χ4n) is 2.71. The molecule has 0 spiro atoms. The summed E-state index contributed by atoms with van der Waals surface area (Å²) in [6.45, 7) is 8.84. The molecule has 0 bridgehead atoms. The van der Waals surface area contributed by atoms with Gasteiger partial charge in [-0.05, 0) is 24.7 Å². The Morgan fingerprint density at radius 1 is 1.37 bits per heavy atom. The molecule has 0 saturated carbocycles. The van der Waals surface area contributed by atoms with Crippen LogP contribution < -0.4 is 4.90 Å². The Labute approximate surface area is 114 Å². The zero-order valence-electron chi connectivity index (χ0n) is 11.7. The molecule has 1 aliphatic heterocycles. The molecule has 1 N–H and O–H groups in total. The van der Waals surface area contributed by atoms with Crippen molar-refractivity contribution in [2.24, 2.45) is 0 Å². The van der Waals surface area contributed by atoms with Crippen molar-refractivity contribution in [1.82, 2.24) is 4.90 Å². The van der Waals surface area contributed by atoms with E-state index in [1.54, 1.807) is 0 Å². The number of para-hydroxylation sites is 1. The quantitative estimate of drug-likeness (QED) is 0.852. The highest BCUT2D eigenvalue weighted by atomic mass is 16.4. The standard InChI is InChI=1S/C15H22N2O2/c1-3-16(4-2)9-10-17-11-13(15(18)19)12-7-5-6-8-14(12)17/h5-8,13H,3-4,9-11H2,1-2H3,(H,18,19). The van der Waals surface area contributed by atoms with Crippen molar-refractivity contribution >= 4 is 11.7 Å². The second-order valence-corrected chi connectivity index (χ2v) is 4.92. The van der Waals surface area contributed by atoms with Gasteiger partial charge in [-0.3, -0.25) is 4.79 Å². The van der Waals surface area contributed by atoms with E-state index in [1.165, 1.54) is 0 Å². The maximum Gasteiger partial charge on any atom is 0.312 e. The van der Waals surface area contributed by atoms with Gasteiger partial charge >= 0.3 is 5.97 Å². The summed E-state index contributed by atoms with van der Waals surface area (Å²) in [5.74, 6) is -1.11. The van der Waals surface area contributed by atoms with E-state index >= 15 is 0 Å². The molecule has 1 unspecified atom stereocenters. The smallest absolute Gasteiger partial charge is 0.312 e. The van der Waals surface area contributed by atoms with Crippen LogP contribution in [0.3, 0.4) is 0 Å². The van der Waals surface area contributed by atoms with Crippen LogP contribution in [-0.2, 0) is 4.79 Å². The first-order valence-corrected chi connectivity index (χ1v) is 6.96. The third-order valence-corrected chi connectivity index (χ3v) is 3.93. The Morgan fingerprint density at radius 2 is 2.05 bits per heavy atom. The van der Waals surface area contributed by atoms with Gasteiger partial charge in [-0.2, -0.15) is 0 Å². The Bertz CT molecular complexity index is 444. The third kappa shape index (κ3) is 2.89. The maximum absolute atomic E-state index is 11.3. The lowest BCUT2D eigenvalue weighted by Crippen LogP contribution is -2.35. The monoisotopic (exact) mass is 262 g/mol. The summed E-state index contributed by atoms with van der Waals surface area (Å²) in [5.41, 5.74) is 2.04. The van der Waals surface area contributed by atoms with E-state index < -0.39 is 5.97 Å². The lowest BCUT2D eigenvalue weighted by molar-refractivity contribution is -0.138. The number of carboxylic acid groups (broad SMARTS) is 1. The van der Waals surface area contributed by atoms with Crippen LogP contribution in [0.5, 0.6) is 0 Å². The summed E-state index contributed by atoms with van der Waals surface area (Å²) in [6, 6.07) is 7.86. The fraction of sp³-hybridized carbons (Fsp3) is 0.533. The number of rotatable bonds is 6. The SMILES string of the molecule is CCN(CC)CCN1CC(C(=O)O)c2ccccc21. The molecule has 0 fully saturated rings. The minimum Gasteiger partial charge on any atom is -0.481 e. The highest BCUT2D eigenvalue weighted by Gasteiger charge is 2.32. The molecular formula is C15H22N2O2. The molecule has 4 nitrogen and oxygen atoms in total. The molecule has 1 heterocycles. The lowest BCUT2D eigenvalue weighted by atomic mass is 10.0. The van der Waals surface area contributed by atoms with Crippen LogP contribution in [0.15, 0.2) is 24.3 Å². The van der Waals surface area contributed by atoms with Gasteiger partial charge in [0.1, 0.15) is 5.92 Å². The van der Waals surface area contributed by atoms with Gasteiger partial charge in [0.2, 0.25) is 0 Å². The molecule has 1 aliphatic rings. The van der Waals surface area contributed by atoms with Crippen LogP contribution in [-0.4, -0.2) is 48.7 Å². The molecule has 0 aliphatic carbocycles. The lowest BCUT2D eigenvalue weighted by Gasteiger charge is -2.24. The molecule has 0 amide bonds. The van der Waals surface area contributed by atoms with Crippen molar-refractivity contribution in [1.29, 1.82) is 0 Å². The van der Waals surface area contributed by atoms with Crippen LogP contribution in [0.25, 0.3) is 0 Å². The Morgan fingerprint density at radius 3 is 2.68 bits per heavy atom. The molecule has 19 heavy (non-hydrogen) atoms. The van der Waals surface area contributed by atoms with Crippen molar-refractivity contribution in [2.75, 3.05) is 37.6 Å². The predicted molar refractivity (Wildman–Crippen MR) is 76.8 cm³/mol. The number of carboxylic acids is 1. The van der Waals surface area contributed by atoms with Crippen LogP contribution in [0, 0.1) is 0 Å². The number of hydrogen-bond donors (Lipinski definition) is 1. The molecule has 0 aromatic heterocycles. The summed E-state index contributed by atoms with van der Waals surface area (Å²) in [7, 11) is 0. The minimum atomic E-state index is -0.724. The number of aliphatic carboxylic acids is 1. The number of nitrogens with zero attached hydrogens (tertiary/aromatic N) is 2. The van der Waals surface area contributed by atoms with Crippen LogP contribution in [0.2, 0.25) is 0 Å². The van der Waals surface area contributed by atoms with Crippen molar-refractivity contribution in [2.45, 2.75) is 19.8 Å². The first-order valence-electron chi connectivity index (χ1n) is 6.96. The third-order valence-electron chi connectivity index (χ3n) is 3.93. The second kappa shape index (κ2) is 6.06. The van der Waals surface area contributed by atoms with E-state index in [0.29, 0.717) is 6.54 Å². The Hall–Kier alpha value is -1.55. The van der Waals surface area contributed by atoms with Crippen LogP contribution in [0.1, 0.15) is 25.3 Å². The van der Waals surface area contributed by atoms with Crippen LogP contribution >= 0.6 is 0 Å². The van der Waals surface area contributed by atoms with Gasteiger partial charge < -0.3 is 14.9 Å². The number of anilines is 1. The van der Waals surface area contributed by atoms with E-state index in [9.17, 15) is 9.90 Å². The Balaban J connectivity index is 2.10. The normalized spacial score (nSPS) is 17.8. The largest absolute Gasteiger partial charge is 0.481 e. The predicted octanol–water partition coefficient (Wildman–Crippen LogP) is 2.02. The topological polar surface area (TPSA) is 43.8 Å². The zero-order chi connectivity index (χ0) is 13.8. The summed E-state index contributed by atoms with van der Waals surface area (Å²) >= 11 is 0. The van der Waals surface area contributed by atoms with E-state index in [1.807, 2.05) is 24.3 Å². The van der Waals surface area contributed by atoms with Gasteiger partial charge in [0.05, 0.1) is 0 Å². The van der Waals surface area contributed by atoms with E-state index in [2.05, 4.69) is 23.6 Å². The fourth-order valence-corrected chi connectivity index (χ4v) is 2.71. The number of fused-ring (bicyclic) bond motifs is 1. The zero-order valence-corrected chi connectivity index (χ0v) is 11.7. The van der Waals surface area contributed by atoms with Gasteiger partial charge in [-0.25, -0.2) is 0 Å². The van der Waals surface area contributed by atoms with E-state index in [0.717, 1.165) is 37.4 Å². The van der Waals surface area contributed by atoms with Crippen molar-refractivity contribution in [3.63, 3.8) is 0 Å².